The standard InChI is InChI=1S/C21H23FN2O4/c1-27-18-4-2-3-5-19(18)28-15-21(26)24-12-10-23(11-13-24)20(25)14-16-6-8-17(22)9-7-16/h2-9H,10-15H2,1H3. The molecule has 7 heteroatoms. The highest BCUT2D eigenvalue weighted by atomic mass is 19.1. The van der Waals surface area contributed by atoms with Gasteiger partial charge in [-0.2, -0.15) is 0 Å². The smallest absolute Gasteiger partial charge is 0.260 e. The van der Waals surface area contributed by atoms with Crippen LogP contribution in [0.3, 0.4) is 0 Å². The Morgan fingerprint density at radius 3 is 2.07 bits per heavy atom. The van der Waals surface area contributed by atoms with Gasteiger partial charge >= 0.3 is 0 Å². The van der Waals surface area contributed by atoms with Crippen molar-refractivity contribution in [1.82, 2.24) is 9.80 Å². The van der Waals surface area contributed by atoms with Gasteiger partial charge in [0, 0.05) is 26.2 Å². The van der Waals surface area contributed by atoms with E-state index < -0.39 is 0 Å². The van der Waals surface area contributed by atoms with Crippen LogP contribution >= 0.6 is 0 Å². The summed E-state index contributed by atoms with van der Waals surface area (Å²) >= 11 is 0. The molecule has 0 spiro atoms. The Morgan fingerprint density at radius 2 is 1.46 bits per heavy atom. The molecule has 0 aliphatic carbocycles. The van der Waals surface area contributed by atoms with Crippen molar-refractivity contribution in [1.29, 1.82) is 0 Å². The first-order valence-electron chi connectivity index (χ1n) is 9.12. The second-order valence-corrected chi connectivity index (χ2v) is 6.50. The van der Waals surface area contributed by atoms with Gasteiger partial charge in [0.05, 0.1) is 13.5 Å². The zero-order valence-corrected chi connectivity index (χ0v) is 15.8. The van der Waals surface area contributed by atoms with E-state index in [9.17, 15) is 14.0 Å². The van der Waals surface area contributed by atoms with Crippen molar-refractivity contribution in [3.63, 3.8) is 0 Å². The molecule has 0 aromatic heterocycles. The van der Waals surface area contributed by atoms with Gasteiger partial charge in [0.2, 0.25) is 5.91 Å². The molecule has 0 unspecified atom stereocenters. The number of carbonyl (C=O) groups excluding carboxylic acids is 2. The van der Waals surface area contributed by atoms with Gasteiger partial charge in [0.1, 0.15) is 5.82 Å². The van der Waals surface area contributed by atoms with Gasteiger partial charge in [-0.15, -0.1) is 0 Å². The molecule has 1 aliphatic rings. The Bertz CT molecular complexity index is 817. The summed E-state index contributed by atoms with van der Waals surface area (Å²) in [5.41, 5.74) is 0.773. The monoisotopic (exact) mass is 386 g/mol. The lowest BCUT2D eigenvalue weighted by atomic mass is 10.1. The Balaban J connectivity index is 1.45. The highest BCUT2D eigenvalue weighted by Crippen LogP contribution is 2.25. The maximum absolute atomic E-state index is 13.0. The molecule has 0 radical (unpaired) electrons. The molecule has 6 nitrogen and oxygen atoms in total. The number of benzene rings is 2. The molecule has 2 aromatic rings. The fourth-order valence-electron chi connectivity index (χ4n) is 3.06. The van der Waals surface area contributed by atoms with E-state index in [-0.39, 0.29) is 30.7 Å². The summed E-state index contributed by atoms with van der Waals surface area (Å²) in [6, 6.07) is 13.1. The number of para-hydroxylation sites is 2. The molecule has 3 rings (SSSR count). The zero-order valence-electron chi connectivity index (χ0n) is 15.8. The molecule has 148 valence electrons. The van der Waals surface area contributed by atoms with Crippen LogP contribution < -0.4 is 9.47 Å². The number of rotatable bonds is 6. The Kier molecular flexibility index (Phi) is 6.47. The van der Waals surface area contributed by atoms with Crippen molar-refractivity contribution in [2.45, 2.75) is 6.42 Å². The van der Waals surface area contributed by atoms with E-state index in [1.54, 1.807) is 41.2 Å². The van der Waals surface area contributed by atoms with Gasteiger partial charge in [-0.3, -0.25) is 9.59 Å². The van der Waals surface area contributed by atoms with E-state index >= 15 is 0 Å². The summed E-state index contributed by atoms with van der Waals surface area (Å²) in [5.74, 6) is 0.622. The zero-order chi connectivity index (χ0) is 19.9. The summed E-state index contributed by atoms with van der Waals surface area (Å²) in [7, 11) is 1.55. The number of amides is 2. The van der Waals surface area contributed by atoms with Crippen LogP contribution in [-0.2, 0) is 16.0 Å². The normalized spacial score (nSPS) is 13.9. The van der Waals surface area contributed by atoms with E-state index in [4.69, 9.17) is 9.47 Å². The van der Waals surface area contributed by atoms with E-state index in [1.807, 2.05) is 12.1 Å². The summed E-state index contributed by atoms with van der Waals surface area (Å²) < 4.78 is 23.7. The van der Waals surface area contributed by atoms with Crippen molar-refractivity contribution in [3.05, 3.63) is 59.9 Å². The lowest BCUT2D eigenvalue weighted by Crippen LogP contribution is -2.52. The minimum absolute atomic E-state index is 0.0241. The van der Waals surface area contributed by atoms with Gasteiger partial charge < -0.3 is 19.3 Å². The van der Waals surface area contributed by atoms with E-state index in [0.717, 1.165) is 5.56 Å². The molecule has 1 heterocycles. The molecule has 0 N–H and O–H groups in total. The fraction of sp³-hybridized carbons (Fsp3) is 0.333. The van der Waals surface area contributed by atoms with Crippen molar-refractivity contribution in [2.75, 3.05) is 39.9 Å². The maximum atomic E-state index is 13.0. The third-order valence-electron chi connectivity index (χ3n) is 4.67. The molecule has 0 saturated carbocycles. The second-order valence-electron chi connectivity index (χ2n) is 6.50. The number of piperazine rings is 1. The van der Waals surface area contributed by atoms with Crippen molar-refractivity contribution >= 4 is 11.8 Å². The molecule has 0 atom stereocenters. The average molecular weight is 386 g/mol. The topological polar surface area (TPSA) is 59.1 Å². The predicted octanol–water partition coefficient (Wildman–Crippen LogP) is 2.13. The molecule has 2 amide bonds. The molecular formula is C21H23FN2O4. The van der Waals surface area contributed by atoms with Gasteiger partial charge in [0.15, 0.2) is 18.1 Å². The van der Waals surface area contributed by atoms with Gasteiger partial charge in [-0.05, 0) is 29.8 Å². The van der Waals surface area contributed by atoms with Crippen LogP contribution in [0.2, 0.25) is 0 Å². The van der Waals surface area contributed by atoms with Crippen LogP contribution in [0.1, 0.15) is 5.56 Å². The lowest BCUT2D eigenvalue weighted by molar-refractivity contribution is -0.140. The number of methoxy groups -OCH3 is 1. The number of halogens is 1. The fourth-order valence-corrected chi connectivity index (χ4v) is 3.06. The Labute approximate surface area is 163 Å². The van der Waals surface area contributed by atoms with Crippen LogP contribution in [0.5, 0.6) is 11.5 Å². The summed E-state index contributed by atoms with van der Waals surface area (Å²) in [5, 5.41) is 0. The second kappa shape index (κ2) is 9.21. The number of hydrogen-bond donors (Lipinski definition) is 0. The molecule has 0 bridgehead atoms. The SMILES string of the molecule is COc1ccccc1OCC(=O)N1CCN(C(=O)Cc2ccc(F)cc2)CC1. The third kappa shape index (κ3) is 5.00. The first-order valence-corrected chi connectivity index (χ1v) is 9.12. The molecule has 1 aliphatic heterocycles. The first-order chi connectivity index (χ1) is 13.6. The van der Waals surface area contributed by atoms with Gasteiger partial charge in [0.25, 0.3) is 5.91 Å². The van der Waals surface area contributed by atoms with Gasteiger partial charge in [-0.1, -0.05) is 24.3 Å². The van der Waals surface area contributed by atoms with E-state index in [2.05, 4.69) is 0 Å². The quantitative estimate of drug-likeness (QED) is 0.763. The Morgan fingerprint density at radius 1 is 0.893 bits per heavy atom. The minimum Gasteiger partial charge on any atom is -0.493 e. The molecular weight excluding hydrogens is 363 g/mol. The molecule has 2 aromatic carbocycles. The van der Waals surface area contributed by atoms with Gasteiger partial charge in [-0.25, -0.2) is 4.39 Å². The number of nitrogens with zero attached hydrogens (tertiary/aromatic N) is 2. The molecule has 28 heavy (non-hydrogen) atoms. The van der Waals surface area contributed by atoms with E-state index in [1.165, 1.54) is 12.1 Å². The number of hydrogen-bond acceptors (Lipinski definition) is 4. The largest absolute Gasteiger partial charge is 0.493 e. The highest BCUT2D eigenvalue weighted by Gasteiger charge is 2.24. The summed E-state index contributed by atoms with van der Waals surface area (Å²) in [6.45, 7) is 1.79. The predicted molar refractivity (Wildman–Crippen MR) is 102 cm³/mol. The number of carbonyl (C=O) groups is 2. The van der Waals surface area contributed by atoms with Crippen LogP contribution in [0.4, 0.5) is 4.39 Å². The third-order valence-corrected chi connectivity index (χ3v) is 4.67. The average Bonchev–Trinajstić information content (AvgIpc) is 2.74. The number of ether oxygens (including phenoxy) is 2. The van der Waals surface area contributed by atoms with Crippen LogP contribution in [0, 0.1) is 5.82 Å². The first kappa shape index (κ1) is 19.7. The summed E-state index contributed by atoms with van der Waals surface area (Å²) in [6.07, 6.45) is 0.227. The lowest BCUT2D eigenvalue weighted by Gasteiger charge is -2.34. The molecule has 1 saturated heterocycles. The van der Waals surface area contributed by atoms with Crippen LogP contribution in [0.15, 0.2) is 48.5 Å². The maximum Gasteiger partial charge on any atom is 0.260 e. The molecule has 1 fully saturated rings. The Hall–Kier alpha value is -3.09. The highest BCUT2D eigenvalue weighted by molar-refractivity contribution is 5.80. The van der Waals surface area contributed by atoms with Crippen LogP contribution in [-0.4, -0.2) is 61.5 Å². The van der Waals surface area contributed by atoms with Crippen LogP contribution in [0.25, 0.3) is 0 Å². The summed E-state index contributed by atoms with van der Waals surface area (Å²) in [4.78, 5) is 28.2. The van der Waals surface area contributed by atoms with Crippen molar-refractivity contribution in [3.8, 4) is 11.5 Å². The minimum atomic E-state index is -0.321. The van der Waals surface area contributed by atoms with Crippen molar-refractivity contribution < 1.29 is 23.5 Å². The van der Waals surface area contributed by atoms with Crippen molar-refractivity contribution in [2.24, 2.45) is 0 Å². The van der Waals surface area contributed by atoms with E-state index in [0.29, 0.717) is 37.7 Å².